The third kappa shape index (κ3) is 2.20. The second kappa shape index (κ2) is 4.14. The van der Waals surface area contributed by atoms with Crippen molar-refractivity contribution in [2.75, 3.05) is 6.54 Å². The molecule has 1 aromatic rings. The highest BCUT2D eigenvalue weighted by Gasteiger charge is 2.42. The third-order valence-corrected chi connectivity index (χ3v) is 4.01. The number of nitrogens with one attached hydrogen (secondary N) is 1. The Kier molecular flexibility index (Phi) is 2.63. The lowest BCUT2D eigenvalue weighted by Crippen LogP contribution is -2.58. The van der Waals surface area contributed by atoms with Gasteiger partial charge in [-0.2, -0.15) is 11.3 Å². The van der Waals surface area contributed by atoms with E-state index in [-0.39, 0.29) is 24.4 Å². The Morgan fingerprint density at radius 2 is 2.24 bits per heavy atom. The van der Waals surface area contributed by atoms with Crippen LogP contribution in [0.25, 0.3) is 0 Å². The van der Waals surface area contributed by atoms with E-state index in [1.807, 2.05) is 16.8 Å². The molecule has 3 rings (SSSR count). The number of carbonyl (C=O) groups is 2. The molecule has 1 aromatic heterocycles. The maximum atomic E-state index is 12.2. The van der Waals surface area contributed by atoms with Gasteiger partial charge >= 0.3 is 0 Å². The lowest BCUT2D eigenvalue weighted by atomic mass is 10.1. The van der Waals surface area contributed by atoms with Gasteiger partial charge in [-0.15, -0.1) is 0 Å². The van der Waals surface area contributed by atoms with Crippen molar-refractivity contribution in [3.63, 3.8) is 0 Å². The Morgan fingerprint density at radius 1 is 1.41 bits per heavy atom. The average Bonchev–Trinajstić information content (AvgIpc) is 3.02. The quantitative estimate of drug-likeness (QED) is 0.869. The molecule has 90 valence electrons. The summed E-state index contributed by atoms with van der Waals surface area (Å²) in [5.74, 6) is 0.423. The van der Waals surface area contributed by atoms with Gasteiger partial charge in [0.2, 0.25) is 11.8 Å². The van der Waals surface area contributed by atoms with Crippen molar-refractivity contribution in [2.45, 2.75) is 25.4 Å². The number of rotatable bonds is 3. The maximum Gasteiger partial charge on any atom is 0.246 e. The lowest BCUT2D eigenvalue weighted by molar-refractivity contribution is -0.145. The van der Waals surface area contributed by atoms with Gasteiger partial charge in [0, 0.05) is 6.54 Å². The summed E-state index contributed by atoms with van der Waals surface area (Å²) >= 11 is 1.61. The Hall–Kier alpha value is -1.36. The van der Waals surface area contributed by atoms with Gasteiger partial charge in [0.05, 0.1) is 6.54 Å². The van der Waals surface area contributed by atoms with E-state index >= 15 is 0 Å². The van der Waals surface area contributed by atoms with Gasteiger partial charge in [-0.25, -0.2) is 0 Å². The molecule has 0 bridgehead atoms. The van der Waals surface area contributed by atoms with Crippen molar-refractivity contribution in [3.8, 4) is 0 Å². The van der Waals surface area contributed by atoms with Crippen LogP contribution in [0.3, 0.4) is 0 Å². The van der Waals surface area contributed by atoms with Crippen molar-refractivity contribution in [1.29, 1.82) is 0 Å². The van der Waals surface area contributed by atoms with Gasteiger partial charge in [-0.05, 0) is 41.1 Å². The molecule has 2 aliphatic rings. The molecule has 2 fully saturated rings. The van der Waals surface area contributed by atoms with Crippen molar-refractivity contribution in [3.05, 3.63) is 22.4 Å². The monoisotopic (exact) mass is 250 g/mol. The lowest BCUT2D eigenvalue weighted by Gasteiger charge is -2.32. The Morgan fingerprint density at radius 3 is 2.88 bits per heavy atom. The van der Waals surface area contributed by atoms with Gasteiger partial charge in [0.25, 0.3) is 0 Å². The summed E-state index contributed by atoms with van der Waals surface area (Å²) in [5.41, 5.74) is 1.10. The number of amides is 2. The molecule has 1 saturated heterocycles. The van der Waals surface area contributed by atoms with Crippen LogP contribution < -0.4 is 5.32 Å². The topological polar surface area (TPSA) is 49.4 Å². The predicted molar refractivity (Wildman–Crippen MR) is 64.4 cm³/mol. The summed E-state index contributed by atoms with van der Waals surface area (Å²) in [6.07, 6.45) is 2.12. The van der Waals surface area contributed by atoms with E-state index in [0.717, 1.165) is 18.4 Å². The Balaban J connectivity index is 1.73. The van der Waals surface area contributed by atoms with Gasteiger partial charge in [-0.1, -0.05) is 0 Å². The molecular formula is C12H14N2O2S. The fraction of sp³-hybridized carbons (Fsp3) is 0.500. The van der Waals surface area contributed by atoms with E-state index < -0.39 is 0 Å². The minimum Gasteiger partial charge on any atom is -0.342 e. The van der Waals surface area contributed by atoms with Gasteiger partial charge < -0.3 is 10.2 Å². The van der Waals surface area contributed by atoms with Gasteiger partial charge in [0.15, 0.2) is 0 Å². The molecule has 2 heterocycles. The standard InChI is InChI=1S/C12H14N2O2S/c15-10-6-14(5-8-3-4-17-7-8)12(16)11(13-10)9-1-2-9/h3-4,7,9,11H,1-2,5-6H2,(H,13,15). The number of carbonyl (C=O) groups excluding carboxylic acids is 2. The maximum absolute atomic E-state index is 12.2. The zero-order valence-electron chi connectivity index (χ0n) is 9.39. The molecule has 4 nitrogen and oxygen atoms in total. The first-order valence-corrected chi connectivity index (χ1v) is 6.77. The van der Waals surface area contributed by atoms with Crippen LogP contribution in [0.5, 0.6) is 0 Å². The molecule has 2 amide bonds. The molecule has 1 atom stereocenters. The summed E-state index contributed by atoms with van der Waals surface area (Å²) in [7, 11) is 0. The van der Waals surface area contributed by atoms with Crippen LogP contribution >= 0.6 is 11.3 Å². The van der Waals surface area contributed by atoms with E-state index in [0.29, 0.717) is 12.5 Å². The molecule has 1 N–H and O–H groups in total. The summed E-state index contributed by atoms with van der Waals surface area (Å²) in [4.78, 5) is 25.5. The average molecular weight is 250 g/mol. The summed E-state index contributed by atoms with van der Waals surface area (Å²) in [6.45, 7) is 0.747. The fourth-order valence-electron chi connectivity index (χ4n) is 2.21. The van der Waals surface area contributed by atoms with Crippen molar-refractivity contribution >= 4 is 23.2 Å². The predicted octanol–water partition coefficient (Wildman–Crippen LogP) is 0.985. The van der Waals surface area contributed by atoms with E-state index in [4.69, 9.17) is 0 Å². The molecular weight excluding hydrogens is 236 g/mol. The number of hydrogen-bond acceptors (Lipinski definition) is 3. The van der Waals surface area contributed by atoms with Crippen LogP contribution in [0.2, 0.25) is 0 Å². The molecule has 0 radical (unpaired) electrons. The minimum absolute atomic E-state index is 0.0308. The molecule has 0 aromatic carbocycles. The van der Waals surface area contributed by atoms with E-state index in [1.54, 1.807) is 16.2 Å². The van der Waals surface area contributed by atoms with Gasteiger partial charge in [0.1, 0.15) is 6.04 Å². The van der Waals surface area contributed by atoms with Crippen molar-refractivity contribution in [1.82, 2.24) is 10.2 Å². The largest absolute Gasteiger partial charge is 0.342 e. The number of nitrogens with zero attached hydrogens (tertiary/aromatic N) is 1. The molecule has 1 aliphatic heterocycles. The van der Waals surface area contributed by atoms with Crippen molar-refractivity contribution in [2.24, 2.45) is 5.92 Å². The number of piperazine rings is 1. The highest BCUT2D eigenvalue weighted by atomic mass is 32.1. The van der Waals surface area contributed by atoms with Crippen LogP contribution in [0.15, 0.2) is 16.8 Å². The van der Waals surface area contributed by atoms with Crippen LogP contribution in [-0.2, 0) is 16.1 Å². The van der Waals surface area contributed by atoms with E-state index in [2.05, 4.69) is 5.32 Å². The van der Waals surface area contributed by atoms with Crippen molar-refractivity contribution < 1.29 is 9.59 Å². The van der Waals surface area contributed by atoms with Gasteiger partial charge in [-0.3, -0.25) is 9.59 Å². The second-order valence-electron chi connectivity index (χ2n) is 4.71. The summed E-state index contributed by atoms with van der Waals surface area (Å²) in [6, 6.07) is 1.73. The first kappa shape index (κ1) is 10.8. The summed E-state index contributed by atoms with van der Waals surface area (Å²) in [5, 5.41) is 6.82. The molecule has 17 heavy (non-hydrogen) atoms. The van der Waals surface area contributed by atoms with Crippen LogP contribution in [0, 0.1) is 5.92 Å². The molecule has 1 saturated carbocycles. The Bertz CT molecular complexity index is 439. The zero-order chi connectivity index (χ0) is 11.8. The number of thiophene rings is 1. The van der Waals surface area contributed by atoms with Crippen LogP contribution in [0.1, 0.15) is 18.4 Å². The van der Waals surface area contributed by atoms with Crippen LogP contribution in [0.4, 0.5) is 0 Å². The van der Waals surface area contributed by atoms with E-state index in [1.165, 1.54) is 0 Å². The highest BCUT2D eigenvalue weighted by molar-refractivity contribution is 7.07. The Labute approximate surface area is 104 Å². The highest BCUT2D eigenvalue weighted by Crippen LogP contribution is 2.34. The fourth-order valence-corrected chi connectivity index (χ4v) is 2.87. The summed E-state index contributed by atoms with van der Waals surface area (Å²) < 4.78 is 0. The van der Waals surface area contributed by atoms with Crippen LogP contribution in [-0.4, -0.2) is 29.3 Å². The normalized spacial score (nSPS) is 24.9. The third-order valence-electron chi connectivity index (χ3n) is 3.28. The number of hydrogen-bond donors (Lipinski definition) is 1. The van der Waals surface area contributed by atoms with E-state index in [9.17, 15) is 9.59 Å². The SMILES string of the molecule is O=C1CN(Cc2ccsc2)C(=O)C(C2CC2)N1. The molecule has 1 unspecified atom stereocenters. The first-order chi connectivity index (χ1) is 8.24. The zero-order valence-corrected chi connectivity index (χ0v) is 10.2. The first-order valence-electron chi connectivity index (χ1n) is 5.83. The molecule has 1 aliphatic carbocycles. The smallest absolute Gasteiger partial charge is 0.246 e. The minimum atomic E-state index is -0.269. The molecule has 5 heteroatoms. The molecule has 0 spiro atoms. The second-order valence-corrected chi connectivity index (χ2v) is 5.49.